The number of rotatable bonds is 7. The van der Waals surface area contributed by atoms with E-state index in [0.29, 0.717) is 11.1 Å². The highest BCUT2D eigenvalue weighted by atomic mass is 17.1. The average Bonchev–Trinajstić information content (AvgIpc) is 2.01. The van der Waals surface area contributed by atoms with Gasteiger partial charge in [-0.3, -0.25) is 0 Å². The van der Waals surface area contributed by atoms with Crippen molar-refractivity contribution in [2.75, 3.05) is 27.2 Å². The number of hydroxylamine groups is 3. The molecule has 0 saturated carbocycles. The monoisotopic (exact) mass is 176 g/mol. The molecule has 4 nitrogen and oxygen atoms in total. The van der Waals surface area contributed by atoms with Crippen LogP contribution in [0, 0.1) is 6.61 Å². The lowest BCUT2D eigenvalue weighted by Gasteiger charge is -2.29. The van der Waals surface area contributed by atoms with Crippen LogP contribution in [-0.2, 0) is 9.73 Å². The molecule has 0 aliphatic carbocycles. The third-order valence-electron chi connectivity index (χ3n) is 1.50. The van der Waals surface area contributed by atoms with Crippen LogP contribution in [0.3, 0.4) is 0 Å². The molecule has 0 fully saturated rings. The van der Waals surface area contributed by atoms with Gasteiger partial charge in [0.2, 0.25) is 0 Å². The summed E-state index contributed by atoms with van der Waals surface area (Å²) in [5.74, 6) is 0. The van der Waals surface area contributed by atoms with Crippen molar-refractivity contribution in [3.05, 3.63) is 6.61 Å². The Morgan fingerprint density at radius 2 is 2.08 bits per heavy atom. The van der Waals surface area contributed by atoms with Crippen molar-refractivity contribution in [1.82, 2.24) is 0 Å². The Bertz CT molecular complexity index is 106. The minimum atomic E-state index is 0.466. The molecule has 0 aliphatic rings. The van der Waals surface area contributed by atoms with E-state index in [1.165, 1.54) is 6.61 Å². The molecule has 0 saturated heterocycles. The zero-order valence-corrected chi connectivity index (χ0v) is 8.08. The summed E-state index contributed by atoms with van der Waals surface area (Å²) in [5.41, 5.74) is 0. The van der Waals surface area contributed by atoms with Crippen molar-refractivity contribution < 1.29 is 19.6 Å². The van der Waals surface area contributed by atoms with E-state index in [4.69, 9.17) is 4.84 Å². The predicted octanol–water partition coefficient (Wildman–Crippen LogP) is 0.248. The maximum absolute atomic E-state index is 9.63. The van der Waals surface area contributed by atoms with Crippen LogP contribution in [0.5, 0.6) is 0 Å². The van der Waals surface area contributed by atoms with E-state index in [1.54, 1.807) is 0 Å². The molecule has 0 aromatic heterocycles. The highest BCUT2D eigenvalue weighted by Gasteiger charge is 2.12. The average molecular weight is 176 g/mol. The standard InChI is InChI=1S/C8H19NO3/c1-4-7-11-9(2,3)6-5-8-12-10/h8,10H,4-7H2,1-3H3/p-1. The van der Waals surface area contributed by atoms with E-state index in [0.717, 1.165) is 19.6 Å². The van der Waals surface area contributed by atoms with Crippen molar-refractivity contribution in [3.63, 3.8) is 0 Å². The molecule has 0 aromatic carbocycles. The van der Waals surface area contributed by atoms with Crippen LogP contribution in [0.2, 0.25) is 0 Å². The van der Waals surface area contributed by atoms with Gasteiger partial charge in [0.15, 0.2) is 0 Å². The molecule has 0 heterocycles. The van der Waals surface area contributed by atoms with Crippen LogP contribution >= 0.6 is 0 Å². The van der Waals surface area contributed by atoms with Crippen LogP contribution in [-0.4, -0.2) is 31.9 Å². The second-order valence-electron chi connectivity index (χ2n) is 3.18. The Kier molecular flexibility index (Phi) is 6.28. The molecule has 0 unspecified atom stereocenters. The first-order valence-corrected chi connectivity index (χ1v) is 4.20. The first kappa shape index (κ1) is 11.8. The lowest BCUT2D eigenvalue weighted by atomic mass is 10.4. The molecule has 74 valence electrons. The van der Waals surface area contributed by atoms with Gasteiger partial charge in [-0.1, -0.05) is 6.92 Å². The summed E-state index contributed by atoms with van der Waals surface area (Å²) >= 11 is 0. The summed E-state index contributed by atoms with van der Waals surface area (Å²) in [6, 6.07) is 0. The molecule has 4 heteroatoms. The molecular weight excluding hydrogens is 158 g/mol. The molecule has 12 heavy (non-hydrogen) atoms. The Labute approximate surface area is 74.2 Å². The summed E-state index contributed by atoms with van der Waals surface area (Å²) in [7, 11) is 3.91. The summed E-state index contributed by atoms with van der Waals surface area (Å²) in [4.78, 5) is 9.09. The number of hydrogen-bond acceptors (Lipinski definition) is 3. The van der Waals surface area contributed by atoms with Crippen LogP contribution in [0.4, 0.5) is 0 Å². The van der Waals surface area contributed by atoms with Gasteiger partial charge in [-0.2, -0.15) is 4.65 Å². The Balaban J connectivity index is 3.42. The quantitative estimate of drug-likeness (QED) is 0.183. The van der Waals surface area contributed by atoms with E-state index in [1.807, 2.05) is 14.1 Å². The molecule has 0 N–H and O–H groups in total. The molecule has 0 radical (unpaired) electrons. The van der Waals surface area contributed by atoms with Crippen LogP contribution in [0.15, 0.2) is 0 Å². The van der Waals surface area contributed by atoms with E-state index >= 15 is 0 Å². The topological polar surface area (TPSA) is 41.5 Å². The molecule has 0 aliphatic heterocycles. The van der Waals surface area contributed by atoms with Gasteiger partial charge in [0.1, 0.15) is 6.61 Å². The van der Waals surface area contributed by atoms with E-state index in [9.17, 15) is 5.26 Å². The van der Waals surface area contributed by atoms with Gasteiger partial charge < -0.3 is 10.1 Å². The lowest BCUT2D eigenvalue weighted by Crippen LogP contribution is -2.40. The van der Waals surface area contributed by atoms with Crippen molar-refractivity contribution in [1.29, 1.82) is 0 Å². The molecule has 0 bridgehead atoms. The summed E-state index contributed by atoms with van der Waals surface area (Å²) in [6.07, 6.45) is 1.61. The second kappa shape index (κ2) is 6.37. The summed E-state index contributed by atoms with van der Waals surface area (Å²) in [6.45, 7) is 4.80. The summed E-state index contributed by atoms with van der Waals surface area (Å²) in [5, 5.41) is 9.63. The molecule has 0 amide bonds. The minimum absolute atomic E-state index is 0.466. The first-order valence-electron chi connectivity index (χ1n) is 4.20. The maximum atomic E-state index is 9.63. The van der Waals surface area contributed by atoms with Crippen molar-refractivity contribution in [2.45, 2.75) is 19.8 Å². The zero-order valence-electron chi connectivity index (χ0n) is 8.08. The van der Waals surface area contributed by atoms with Gasteiger partial charge >= 0.3 is 0 Å². The summed E-state index contributed by atoms with van der Waals surface area (Å²) < 4.78 is 0.466. The van der Waals surface area contributed by atoms with Gasteiger partial charge in [-0.25, -0.2) is 11.4 Å². The first-order chi connectivity index (χ1) is 5.62. The maximum Gasteiger partial charge on any atom is 0.106 e. The highest BCUT2D eigenvalue weighted by Crippen LogP contribution is 2.02. The molecule has 0 spiro atoms. The number of nitrogens with zero attached hydrogens (tertiary/aromatic N) is 1. The van der Waals surface area contributed by atoms with Gasteiger partial charge in [0, 0.05) is 0 Å². The SMILES string of the molecule is CCCO[N+](C)(C)CC[CH-]O[O-]. The smallest absolute Gasteiger partial charge is 0.106 e. The number of hydrogen-bond donors (Lipinski definition) is 0. The molecule has 0 aromatic rings. The Morgan fingerprint density at radius 3 is 2.58 bits per heavy atom. The van der Waals surface area contributed by atoms with Crippen molar-refractivity contribution >= 4 is 0 Å². The zero-order chi connectivity index (χ0) is 9.45. The van der Waals surface area contributed by atoms with Gasteiger partial charge in [0.05, 0.1) is 20.6 Å². The highest BCUT2D eigenvalue weighted by molar-refractivity contribution is 4.44. The fourth-order valence-electron chi connectivity index (χ4n) is 0.815. The van der Waals surface area contributed by atoms with E-state index in [2.05, 4.69) is 11.8 Å². The fourth-order valence-corrected chi connectivity index (χ4v) is 0.815. The van der Waals surface area contributed by atoms with Gasteiger partial charge in [-0.15, -0.1) is 6.42 Å². The third kappa shape index (κ3) is 6.54. The Hall–Kier alpha value is -0.160. The third-order valence-corrected chi connectivity index (χ3v) is 1.50. The van der Waals surface area contributed by atoms with Crippen molar-refractivity contribution in [3.8, 4) is 0 Å². The lowest BCUT2D eigenvalue weighted by molar-refractivity contribution is -1.08. The van der Waals surface area contributed by atoms with E-state index in [-0.39, 0.29) is 0 Å². The fraction of sp³-hybridized carbons (Fsp3) is 0.875. The molecular formula is C8H18NO3-. The number of quaternary nitrogens is 1. The van der Waals surface area contributed by atoms with Gasteiger partial charge in [0.25, 0.3) is 0 Å². The largest absolute Gasteiger partial charge is 0.759 e. The minimum Gasteiger partial charge on any atom is -0.759 e. The van der Waals surface area contributed by atoms with Crippen LogP contribution < -0.4 is 5.26 Å². The van der Waals surface area contributed by atoms with Crippen LogP contribution in [0.25, 0.3) is 0 Å². The Morgan fingerprint density at radius 1 is 1.42 bits per heavy atom. The van der Waals surface area contributed by atoms with E-state index < -0.39 is 0 Å². The second-order valence-corrected chi connectivity index (χ2v) is 3.18. The van der Waals surface area contributed by atoms with Crippen LogP contribution in [0.1, 0.15) is 19.8 Å². The van der Waals surface area contributed by atoms with Crippen molar-refractivity contribution in [2.24, 2.45) is 0 Å². The predicted molar refractivity (Wildman–Crippen MR) is 43.2 cm³/mol. The van der Waals surface area contributed by atoms with Gasteiger partial charge in [-0.05, 0) is 6.42 Å². The molecule has 0 atom stereocenters. The normalized spacial score (nSPS) is 12.0. The molecule has 0 rings (SSSR count).